The molecular formula is C21H24FNO5. The van der Waals surface area contributed by atoms with Crippen molar-refractivity contribution in [1.29, 1.82) is 0 Å². The zero-order valence-electron chi connectivity index (χ0n) is 16.2. The Bertz CT molecular complexity index is 807. The molecule has 6 nitrogen and oxygen atoms in total. The van der Waals surface area contributed by atoms with Crippen LogP contribution in [0.4, 0.5) is 4.39 Å². The van der Waals surface area contributed by atoms with Crippen molar-refractivity contribution in [1.82, 2.24) is 5.32 Å². The predicted molar refractivity (Wildman–Crippen MR) is 102 cm³/mol. The minimum absolute atomic E-state index is 0.250. The molecule has 0 aliphatic rings. The maximum absolute atomic E-state index is 13.0. The van der Waals surface area contributed by atoms with Gasteiger partial charge in [0.25, 0.3) is 5.91 Å². The van der Waals surface area contributed by atoms with E-state index >= 15 is 0 Å². The number of carbonyl (C=O) groups excluding carboxylic acids is 2. The third-order valence-electron chi connectivity index (χ3n) is 3.94. The fourth-order valence-corrected chi connectivity index (χ4v) is 2.46. The van der Waals surface area contributed by atoms with E-state index in [4.69, 9.17) is 14.2 Å². The molecule has 150 valence electrons. The zero-order valence-corrected chi connectivity index (χ0v) is 16.2. The standard InChI is InChI=1S/C21H24FNO5/c1-4-11-27-18-10-7-16(12-19(18)26-3)21(25)28-13-20(24)23-14(2)15-5-8-17(22)9-6-15/h5-10,12,14H,4,11,13H2,1-3H3,(H,23,24)/t14-/m0/s1. The van der Waals surface area contributed by atoms with Crippen LogP contribution in [0.1, 0.15) is 42.2 Å². The third kappa shape index (κ3) is 5.97. The number of hydrogen-bond donors (Lipinski definition) is 1. The number of carbonyl (C=O) groups is 2. The van der Waals surface area contributed by atoms with Crippen LogP contribution in [-0.2, 0) is 9.53 Å². The topological polar surface area (TPSA) is 73.9 Å². The largest absolute Gasteiger partial charge is 0.493 e. The van der Waals surface area contributed by atoms with E-state index in [2.05, 4.69) is 5.32 Å². The van der Waals surface area contributed by atoms with E-state index < -0.39 is 18.5 Å². The van der Waals surface area contributed by atoms with Gasteiger partial charge < -0.3 is 19.5 Å². The highest BCUT2D eigenvalue weighted by Crippen LogP contribution is 2.28. The van der Waals surface area contributed by atoms with E-state index in [1.165, 1.54) is 25.3 Å². The molecule has 0 aliphatic carbocycles. The SMILES string of the molecule is CCCOc1ccc(C(=O)OCC(=O)N[C@@H](C)c2ccc(F)cc2)cc1OC. The number of rotatable bonds is 9. The fourth-order valence-electron chi connectivity index (χ4n) is 2.46. The van der Waals surface area contributed by atoms with Crippen LogP contribution in [0.3, 0.4) is 0 Å². The summed E-state index contributed by atoms with van der Waals surface area (Å²) >= 11 is 0. The molecule has 0 heterocycles. The van der Waals surface area contributed by atoms with Gasteiger partial charge in [-0.15, -0.1) is 0 Å². The number of benzene rings is 2. The Hall–Kier alpha value is -3.09. The Kier molecular flexibility index (Phi) is 7.80. The summed E-state index contributed by atoms with van der Waals surface area (Å²) in [6, 6.07) is 10.1. The monoisotopic (exact) mass is 389 g/mol. The maximum atomic E-state index is 13.0. The first-order valence-corrected chi connectivity index (χ1v) is 8.97. The van der Waals surface area contributed by atoms with Crippen LogP contribution in [0.25, 0.3) is 0 Å². The summed E-state index contributed by atoms with van der Waals surface area (Å²) in [5, 5.41) is 2.69. The lowest BCUT2D eigenvalue weighted by atomic mass is 10.1. The van der Waals surface area contributed by atoms with Gasteiger partial charge in [-0.2, -0.15) is 0 Å². The van der Waals surface area contributed by atoms with Crippen molar-refractivity contribution >= 4 is 11.9 Å². The Morgan fingerprint density at radius 3 is 2.46 bits per heavy atom. The summed E-state index contributed by atoms with van der Waals surface area (Å²) in [5.74, 6) is -0.508. The normalized spacial score (nSPS) is 11.4. The van der Waals surface area contributed by atoms with E-state index in [0.717, 1.165) is 12.0 Å². The lowest BCUT2D eigenvalue weighted by Gasteiger charge is -2.15. The molecule has 0 unspecified atom stereocenters. The minimum atomic E-state index is -0.648. The summed E-state index contributed by atoms with van der Waals surface area (Å²) < 4.78 is 28.8. The molecular weight excluding hydrogens is 365 g/mol. The lowest BCUT2D eigenvalue weighted by molar-refractivity contribution is -0.124. The van der Waals surface area contributed by atoms with Crippen LogP contribution in [0.2, 0.25) is 0 Å². The molecule has 0 aliphatic heterocycles. The van der Waals surface area contributed by atoms with Gasteiger partial charge in [0.05, 0.1) is 25.3 Å². The molecule has 0 aromatic heterocycles. The minimum Gasteiger partial charge on any atom is -0.493 e. The molecule has 7 heteroatoms. The summed E-state index contributed by atoms with van der Waals surface area (Å²) in [7, 11) is 1.48. The average Bonchev–Trinajstić information content (AvgIpc) is 2.70. The highest BCUT2D eigenvalue weighted by Gasteiger charge is 2.15. The number of ether oxygens (including phenoxy) is 3. The zero-order chi connectivity index (χ0) is 20.5. The smallest absolute Gasteiger partial charge is 0.338 e. The Labute approximate surface area is 163 Å². The van der Waals surface area contributed by atoms with E-state index in [-0.39, 0.29) is 17.4 Å². The van der Waals surface area contributed by atoms with Crippen LogP contribution < -0.4 is 14.8 Å². The Morgan fingerprint density at radius 2 is 1.82 bits per heavy atom. The average molecular weight is 389 g/mol. The van der Waals surface area contributed by atoms with Gasteiger partial charge >= 0.3 is 5.97 Å². The van der Waals surface area contributed by atoms with Gasteiger partial charge in [0, 0.05) is 0 Å². The van der Waals surface area contributed by atoms with Crippen molar-refractivity contribution in [3.8, 4) is 11.5 Å². The van der Waals surface area contributed by atoms with Gasteiger partial charge in [-0.1, -0.05) is 19.1 Å². The number of amides is 1. The van der Waals surface area contributed by atoms with Gasteiger partial charge in [-0.05, 0) is 49.2 Å². The molecule has 0 saturated heterocycles. The predicted octanol–water partition coefficient (Wildman–Crippen LogP) is 3.66. The van der Waals surface area contributed by atoms with Crippen LogP contribution in [0.15, 0.2) is 42.5 Å². The van der Waals surface area contributed by atoms with E-state index in [1.54, 1.807) is 31.2 Å². The van der Waals surface area contributed by atoms with Crippen molar-refractivity contribution in [3.63, 3.8) is 0 Å². The molecule has 0 bridgehead atoms. The van der Waals surface area contributed by atoms with Gasteiger partial charge in [-0.25, -0.2) is 9.18 Å². The first-order valence-electron chi connectivity index (χ1n) is 8.97. The number of halogens is 1. The second-order valence-corrected chi connectivity index (χ2v) is 6.13. The maximum Gasteiger partial charge on any atom is 0.338 e. The van der Waals surface area contributed by atoms with Gasteiger partial charge in [-0.3, -0.25) is 4.79 Å². The highest BCUT2D eigenvalue weighted by atomic mass is 19.1. The second kappa shape index (κ2) is 10.3. The van der Waals surface area contributed by atoms with Crippen LogP contribution >= 0.6 is 0 Å². The lowest BCUT2D eigenvalue weighted by Crippen LogP contribution is -2.31. The molecule has 1 amide bonds. The van der Waals surface area contributed by atoms with E-state index in [0.29, 0.717) is 18.1 Å². The molecule has 2 aromatic carbocycles. The number of methoxy groups -OCH3 is 1. The molecule has 28 heavy (non-hydrogen) atoms. The van der Waals surface area contributed by atoms with Gasteiger partial charge in [0.1, 0.15) is 5.82 Å². The summed E-state index contributed by atoms with van der Waals surface area (Å²) in [6.45, 7) is 3.85. The number of hydrogen-bond acceptors (Lipinski definition) is 5. The molecule has 2 aromatic rings. The summed E-state index contributed by atoms with van der Waals surface area (Å²) in [5.41, 5.74) is 0.994. The Morgan fingerprint density at radius 1 is 1.11 bits per heavy atom. The molecule has 0 saturated carbocycles. The first kappa shape index (κ1) is 21.2. The van der Waals surface area contributed by atoms with Crippen molar-refractivity contribution in [2.45, 2.75) is 26.3 Å². The van der Waals surface area contributed by atoms with E-state index in [1.807, 2.05) is 6.92 Å². The van der Waals surface area contributed by atoms with Gasteiger partial charge in [0.15, 0.2) is 18.1 Å². The summed E-state index contributed by atoms with van der Waals surface area (Å²) in [6.07, 6.45) is 0.846. The van der Waals surface area contributed by atoms with Crippen molar-refractivity contribution < 1.29 is 28.2 Å². The van der Waals surface area contributed by atoms with Crippen LogP contribution in [0, 0.1) is 5.82 Å². The molecule has 2 rings (SSSR count). The molecule has 0 fully saturated rings. The second-order valence-electron chi connectivity index (χ2n) is 6.13. The van der Waals surface area contributed by atoms with Crippen LogP contribution in [0.5, 0.6) is 11.5 Å². The van der Waals surface area contributed by atoms with Crippen molar-refractivity contribution in [2.75, 3.05) is 20.3 Å². The quantitative estimate of drug-likeness (QED) is 0.663. The van der Waals surface area contributed by atoms with Crippen molar-refractivity contribution in [3.05, 3.63) is 59.4 Å². The first-order chi connectivity index (χ1) is 13.4. The molecule has 0 radical (unpaired) electrons. The highest BCUT2D eigenvalue weighted by molar-refractivity contribution is 5.92. The molecule has 1 N–H and O–H groups in total. The van der Waals surface area contributed by atoms with Crippen molar-refractivity contribution in [2.24, 2.45) is 0 Å². The third-order valence-corrected chi connectivity index (χ3v) is 3.94. The number of nitrogens with one attached hydrogen (secondary N) is 1. The van der Waals surface area contributed by atoms with Gasteiger partial charge in [0.2, 0.25) is 0 Å². The molecule has 0 spiro atoms. The van der Waals surface area contributed by atoms with E-state index in [9.17, 15) is 14.0 Å². The summed E-state index contributed by atoms with van der Waals surface area (Å²) in [4.78, 5) is 24.2. The van der Waals surface area contributed by atoms with Crippen LogP contribution in [-0.4, -0.2) is 32.2 Å². The number of esters is 1. The molecule has 1 atom stereocenters. The Balaban J connectivity index is 1.90. The fraction of sp³-hybridized carbons (Fsp3) is 0.333.